The number of ketones is 1. The molecule has 0 aliphatic rings. The summed E-state index contributed by atoms with van der Waals surface area (Å²) in [4.78, 5) is 23.4. The van der Waals surface area contributed by atoms with Crippen LogP contribution in [0.25, 0.3) is 0 Å². The van der Waals surface area contributed by atoms with Gasteiger partial charge in [-0.2, -0.15) is 0 Å². The SMILES string of the molecule is C=CCc1c([C]=O)cccc1C(=O)c1ccccc1. The molecule has 0 aliphatic carbocycles. The summed E-state index contributed by atoms with van der Waals surface area (Å²) in [5.41, 5.74) is 2.24. The van der Waals surface area contributed by atoms with E-state index in [4.69, 9.17) is 0 Å². The van der Waals surface area contributed by atoms with Crippen molar-refractivity contribution in [2.75, 3.05) is 0 Å². The van der Waals surface area contributed by atoms with Crippen LogP contribution in [0.5, 0.6) is 0 Å². The Morgan fingerprint density at radius 2 is 1.84 bits per heavy atom. The Labute approximate surface area is 112 Å². The zero-order valence-corrected chi connectivity index (χ0v) is 10.4. The van der Waals surface area contributed by atoms with E-state index >= 15 is 0 Å². The van der Waals surface area contributed by atoms with Gasteiger partial charge in [-0.05, 0) is 12.0 Å². The van der Waals surface area contributed by atoms with E-state index in [1.54, 1.807) is 36.4 Å². The summed E-state index contributed by atoms with van der Waals surface area (Å²) < 4.78 is 0. The summed E-state index contributed by atoms with van der Waals surface area (Å²) in [5.74, 6) is -0.0884. The van der Waals surface area contributed by atoms with Gasteiger partial charge in [-0.25, -0.2) is 0 Å². The molecular formula is C17H13O2. The lowest BCUT2D eigenvalue weighted by Crippen LogP contribution is -2.07. The minimum atomic E-state index is -0.0884. The fourth-order valence-electron chi connectivity index (χ4n) is 2.00. The highest BCUT2D eigenvalue weighted by atomic mass is 16.1. The third kappa shape index (κ3) is 2.68. The lowest BCUT2D eigenvalue weighted by molar-refractivity contribution is 0.103. The van der Waals surface area contributed by atoms with Crippen LogP contribution in [0.2, 0.25) is 0 Å². The van der Waals surface area contributed by atoms with E-state index in [-0.39, 0.29) is 5.78 Å². The predicted octanol–water partition coefficient (Wildman–Crippen LogP) is 3.10. The predicted molar refractivity (Wildman–Crippen MR) is 75.0 cm³/mol. The molecule has 1 radical (unpaired) electrons. The smallest absolute Gasteiger partial charge is 0.233 e. The van der Waals surface area contributed by atoms with Crippen molar-refractivity contribution in [3.05, 3.63) is 83.4 Å². The highest BCUT2D eigenvalue weighted by Gasteiger charge is 2.15. The first-order valence-electron chi connectivity index (χ1n) is 5.98. The molecule has 0 fully saturated rings. The maximum absolute atomic E-state index is 12.4. The molecule has 0 saturated carbocycles. The van der Waals surface area contributed by atoms with Crippen LogP contribution in [0.3, 0.4) is 0 Å². The molecule has 0 spiro atoms. The van der Waals surface area contributed by atoms with Gasteiger partial charge in [0.05, 0.1) is 0 Å². The third-order valence-corrected chi connectivity index (χ3v) is 2.92. The van der Waals surface area contributed by atoms with Gasteiger partial charge in [-0.1, -0.05) is 54.6 Å². The van der Waals surface area contributed by atoms with Crippen LogP contribution in [0.15, 0.2) is 61.2 Å². The van der Waals surface area contributed by atoms with Crippen LogP contribution in [0.1, 0.15) is 27.0 Å². The monoisotopic (exact) mass is 249 g/mol. The van der Waals surface area contributed by atoms with Gasteiger partial charge in [0, 0.05) is 16.7 Å². The number of benzene rings is 2. The maximum atomic E-state index is 12.4. The fourth-order valence-corrected chi connectivity index (χ4v) is 2.00. The lowest BCUT2D eigenvalue weighted by atomic mass is 9.93. The van der Waals surface area contributed by atoms with Gasteiger partial charge in [0.1, 0.15) is 0 Å². The van der Waals surface area contributed by atoms with E-state index in [2.05, 4.69) is 6.58 Å². The Morgan fingerprint density at radius 1 is 1.11 bits per heavy atom. The van der Waals surface area contributed by atoms with Crippen LogP contribution < -0.4 is 0 Å². The normalized spacial score (nSPS) is 9.89. The molecule has 0 bridgehead atoms. The Hall–Kier alpha value is -2.48. The third-order valence-electron chi connectivity index (χ3n) is 2.92. The Kier molecular flexibility index (Phi) is 4.04. The van der Waals surface area contributed by atoms with Crippen molar-refractivity contribution in [2.24, 2.45) is 0 Å². The van der Waals surface area contributed by atoms with E-state index in [0.29, 0.717) is 28.7 Å². The minimum Gasteiger partial charge on any atom is -0.289 e. The Balaban J connectivity index is 2.53. The topological polar surface area (TPSA) is 34.1 Å². The van der Waals surface area contributed by atoms with Crippen molar-refractivity contribution < 1.29 is 9.59 Å². The van der Waals surface area contributed by atoms with Crippen LogP contribution >= 0.6 is 0 Å². The molecule has 2 aromatic rings. The van der Waals surface area contributed by atoms with E-state index < -0.39 is 0 Å². The van der Waals surface area contributed by atoms with Crippen molar-refractivity contribution in [3.8, 4) is 0 Å². The van der Waals surface area contributed by atoms with Crippen molar-refractivity contribution >= 4 is 12.1 Å². The van der Waals surface area contributed by atoms with Gasteiger partial charge in [-0.15, -0.1) is 6.58 Å². The second-order valence-electron chi connectivity index (χ2n) is 4.12. The Morgan fingerprint density at radius 3 is 2.47 bits per heavy atom. The van der Waals surface area contributed by atoms with Crippen LogP contribution in [0, 0.1) is 0 Å². The molecule has 0 aliphatic heterocycles. The lowest BCUT2D eigenvalue weighted by Gasteiger charge is -2.09. The number of hydrogen-bond acceptors (Lipinski definition) is 2. The average molecular weight is 249 g/mol. The quantitative estimate of drug-likeness (QED) is 0.602. The number of rotatable bonds is 5. The van der Waals surface area contributed by atoms with Gasteiger partial charge in [0.2, 0.25) is 6.29 Å². The summed E-state index contributed by atoms with van der Waals surface area (Å²) >= 11 is 0. The molecule has 2 rings (SSSR count). The summed E-state index contributed by atoms with van der Waals surface area (Å²) in [7, 11) is 0. The molecule has 2 nitrogen and oxygen atoms in total. The summed E-state index contributed by atoms with van der Waals surface area (Å²) in [6.45, 7) is 3.66. The maximum Gasteiger partial charge on any atom is 0.233 e. The molecule has 2 heteroatoms. The second-order valence-corrected chi connectivity index (χ2v) is 4.12. The summed E-state index contributed by atoms with van der Waals surface area (Å²) in [6, 6.07) is 14.1. The highest BCUT2D eigenvalue weighted by molar-refractivity contribution is 6.10. The molecule has 0 amide bonds. The molecule has 0 unspecified atom stereocenters. The molecule has 93 valence electrons. The fraction of sp³-hybridized carbons (Fsp3) is 0.0588. The summed E-state index contributed by atoms with van der Waals surface area (Å²) in [6.07, 6.45) is 4.03. The molecule has 0 heterocycles. The molecule has 0 atom stereocenters. The number of carbonyl (C=O) groups excluding carboxylic acids is 2. The minimum absolute atomic E-state index is 0.0884. The molecule has 0 N–H and O–H groups in total. The molecule has 0 aromatic heterocycles. The summed E-state index contributed by atoms with van der Waals surface area (Å²) in [5, 5.41) is 0. The zero-order valence-electron chi connectivity index (χ0n) is 10.4. The van der Waals surface area contributed by atoms with Crippen LogP contribution in [-0.2, 0) is 11.2 Å². The van der Waals surface area contributed by atoms with Crippen molar-refractivity contribution in [3.63, 3.8) is 0 Å². The first-order valence-corrected chi connectivity index (χ1v) is 5.98. The zero-order chi connectivity index (χ0) is 13.7. The van der Waals surface area contributed by atoms with E-state index in [9.17, 15) is 9.59 Å². The molecule has 19 heavy (non-hydrogen) atoms. The van der Waals surface area contributed by atoms with Crippen molar-refractivity contribution in [1.29, 1.82) is 0 Å². The molecule has 0 saturated heterocycles. The van der Waals surface area contributed by atoms with E-state index in [0.717, 1.165) is 0 Å². The van der Waals surface area contributed by atoms with E-state index in [1.807, 2.05) is 24.5 Å². The van der Waals surface area contributed by atoms with Crippen molar-refractivity contribution in [1.82, 2.24) is 0 Å². The number of carbonyl (C=O) groups is 1. The van der Waals surface area contributed by atoms with Crippen LogP contribution in [-0.4, -0.2) is 12.1 Å². The van der Waals surface area contributed by atoms with Gasteiger partial charge in [0.25, 0.3) is 0 Å². The standard InChI is InChI=1S/C17H13O2/c1-2-7-15-14(12-18)10-6-11-16(15)17(19)13-8-4-3-5-9-13/h2-6,8-11H,1,7H2. The number of allylic oxidation sites excluding steroid dienone is 1. The van der Waals surface area contributed by atoms with Gasteiger partial charge in [0.15, 0.2) is 5.78 Å². The average Bonchev–Trinajstić information content (AvgIpc) is 2.48. The van der Waals surface area contributed by atoms with Crippen molar-refractivity contribution in [2.45, 2.75) is 6.42 Å². The van der Waals surface area contributed by atoms with Gasteiger partial charge < -0.3 is 0 Å². The molecule has 2 aromatic carbocycles. The largest absolute Gasteiger partial charge is 0.289 e. The number of hydrogen-bond donors (Lipinski definition) is 0. The van der Waals surface area contributed by atoms with Crippen LogP contribution in [0.4, 0.5) is 0 Å². The van der Waals surface area contributed by atoms with Gasteiger partial charge in [-0.3, -0.25) is 9.59 Å². The first-order chi connectivity index (χ1) is 9.27. The van der Waals surface area contributed by atoms with Gasteiger partial charge >= 0.3 is 0 Å². The Bertz CT molecular complexity index is 612. The second kappa shape index (κ2) is 5.91. The van der Waals surface area contributed by atoms with E-state index in [1.165, 1.54) is 0 Å². The molecular weight excluding hydrogens is 236 g/mol. The first kappa shape index (κ1) is 13.0. The highest BCUT2D eigenvalue weighted by Crippen LogP contribution is 2.18.